The summed E-state index contributed by atoms with van der Waals surface area (Å²) in [5.74, 6) is 0.112. The molecule has 13 heavy (non-hydrogen) atoms. The summed E-state index contributed by atoms with van der Waals surface area (Å²) in [5, 5.41) is 0. The molecule has 1 aliphatic carbocycles. The molecule has 0 aromatic rings. The fourth-order valence-corrected chi connectivity index (χ4v) is 1.96. The molecule has 1 unspecified atom stereocenters. The van der Waals surface area contributed by atoms with E-state index in [1.807, 2.05) is 14.1 Å². The Morgan fingerprint density at radius 2 is 2.15 bits per heavy atom. The highest BCUT2D eigenvalue weighted by Gasteiger charge is 2.28. The number of carbonyl (C=O) groups is 1. The van der Waals surface area contributed by atoms with E-state index in [9.17, 15) is 4.79 Å². The van der Waals surface area contributed by atoms with Gasteiger partial charge in [-0.15, -0.1) is 0 Å². The highest BCUT2D eigenvalue weighted by molar-refractivity contribution is 5.57. The molecule has 1 aliphatic rings. The summed E-state index contributed by atoms with van der Waals surface area (Å²) < 4.78 is 0. The van der Waals surface area contributed by atoms with Gasteiger partial charge in [0.15, 0.2) is 0 Å². The highest BCUT2D eigenvalue weighted by Crippen LogP contribution is 2.37. The van der Waals surface area contributed by atoms with Gasteiger partial charge >= 0.3 is 0 Å². The van der Waals surface area contributed by atoms with E-state index in [0.29, 0.717) is 0 Å². The van der Waals surface area contributed by atoms with E-state index in [2.05, 4.69) is 24.8 Å². The van der Waals surface area contributed by atoms with Gasteiger partial charge in [-0.3, -0.25) is 0 Å². The van der Waals surface area contributed by atoms with Gasteiger partial charge in [-0.05, 0) is 18.3 Å². The van der Waals surface area contributed by atoms with Crippen molar-refractivity contribution in [2.24, 2.45) is 11.3 Å². The van der Waals surface area contributed by atoms with Crippen LogP contribution in [0, 0.1) is 11.3 Å². The van der Waals surface area contributed by atoms with Crippen molar-refractivity contribution in [3.8, 4) is 0 Å². The van der Waals surface area contributed by atoms with E-state index >= 15 is 0 Å². The SMILES string of the molecule is CN(C)C1=CC(C=O)CC(C)(C)C1. The second kappa shape index (κ2) is 3.52. The number of hydrogen-bond donors (Lipinski definition) is 0. The third kappa shape index (κ3) is 2.58. The molecule has 0 heterocycles. The average Bonchev–Trinajstić information content (AvgIpc) is 2.01. The molecule has 0 N–H and O–H groups in total. The lowest BCUT2D eigenvalue weighted by Crippen LogP contribution is -2.27. The third-order valence-corrected chi connectivity index (χ3v) is 2.60. The van der Waals surface area contributed by atoms with E-state index in [4.69, 9.17) is 0 Å². The molecule has 0 radical (unpaired) electrons. The molecule has 2 nitrogen and oxygen atoms in total. The molecular formula is C11H19NO. The van der Waals surface area contributed by atoms with Gasteiger partial charge in [-0.2, -0.15) is 0 Å². The number of hydrogen-bond acceptors (Lipinski definition) is 2. The van der Waals surface area contributed by atoms with Gasteiger partial charge in [0.2, 0.25) is 0 Å². The van der Waals surface area contributed by atoms with Crippen molar-refractivity contribution in [2.75, 3.05) is 14.1 Å². The Hall–Kier alpha value is -0.790. The van der Waals surface area contributed by atoms with Crippen molar-refractivity contribution in [3.05, 3.63) is 11.8 Å². The van der Waals surface area contributed by atoms with Crippen molar-refractivity contribution in [3.63, 3.8) is 0 Å². The van der Waals surface area contributed by atoms with Gasteiger partial charge < -0.3 is 9.69 Å². The van der Waals surface area contributed by atoms with Crippen molar-refractivity contribution in [1.82, 2.24) is 4.90 Å². The number of nitrogens with zero attached hydrogens (tertiary/aromatic N) is 1. The molecule has 74 valence electrons. The van der Waals surface area contributed by atoms with Crippen LogP contribution in [0.1, 0.15) is 26.7 Å². The Bertz CT molecular complexity index is 228. The molecule has 1 atom stereocenters. The van der Waals surface area contributed by atoms with Crippen LogP contribution in [0.15, 0.2) is 11.8 Å². The van der Waals surface area contributed by atoms with Crippen LogP contribution in [0.5, 0.6) is 0 Å². The smallest absolute Gasteiger partial charge is 0.126 e. The van der Waals surface area contributed by atoms with Gasteiger partial charge in [0.1, 0.15) is 6.29 Å². The van der Waals surface area contributed by atoms with Crippen LogP contribution in [0.4, 0.5) is 0 Å². The Morgan fingerprint density at radius 3 is 2.62 bits per heavy atom. The molecule has 0 saturated carbocycles. The van der Waals surface area contributed by atoms with E-state index in [0.717, 1.165) is 19.1 Å². The lowest BCUT2D eigenvalue weighted by Gasteiger charge is -2.35. The maximum atomic E-state index is 10.8. The van der Waals surface area contributed by atoms with Crippen molar-refractivity contribution >= 4 is 6.29 Å². The molecule has 0 fully saturated rings. The van der Waals surface area contributed by atoms with Crippen molar-refractivity contribution < 1.29 is 4.79 Å². The quantitative estimate of drug-likeness (QED) is 0.608. The zero-order chi connectivity index (χ0) is 10.1. The first-order chi connectivity index (χ1) is 5.94. The second-order valence-electron chi connectivity index (χ2n) is 4.90. The Balaban J connectivity index is 2.84. The molecule has 0 amide bonds. The number of allylic oxidation sites excluding steroid dienone is 2. The minimum absolute atomic E-state index is 0.112. The Morgan fingerprint density at radius 1 is 1.54 bits per heavy atom. The zero-order valence-electron chi connectivity index (χ0n) is 9.00. The summed E-state index contributed by atoms with van der Waals surface area (Å²) in [6.45, 7) is 4.44. The first kappa shape index (κ1) is 10.3. The monoisotopic (exact) mass is 181 g/mol. The zero-order valence-corrected chi connectivity index (χ0v) is 9.00. The lowest BCUT2D eigenvalue weighted by atomic mass is 9.75. The van der Waals surface area contributed by atoms with Crippen LogP contribution in [-0.4, -0.2) is 25.3 Å². The standard InChI is InChI=1S/C11H19NO/c1-11(2)6-9(8-13)5-10(7-11)12(3)4/h5,8-9H,6-7H2,1-4H3. The van der Waals surface area contributed by atoms with Crippen LogP contribution in [0.3, 0.4) is 0 Å². The van der Waals surface area contributed by atoms with Crippen LogP contribution in [0.25, 0.3) is 0 Å². The minimum atomic E-state index is 0.112. The van der Waals surface area contributed by atoms with E-state index in [1.54, 1.807) is 0 Å². The summed E-state index contributed by atoms with van der Waals surface area (Å²) in [6, 6.07) is 0. The van der Waals surface area contributed by atoms with Gasteiger partial charge in [-0.1, -0.05) is 19.9 Å². The summed E-state index contributed by atoms with van der Waals surface area (Å²) in [4.78, 5) is 12.9. The van der Waals surface area contributed by atoms with Crippen molar-refractivity contribution in [1.29, 1.82) is 0 Å². The predicted molar refractivity (Wildman–Crippen MR) is 54.3 cm³/mol. The highest BCUT2D eigenvalue weighted by atomic mass is 16.1. The van der Waals surface area contributed by atoms with Gasteiger partial charge in [0, 0.05) is 25.7 Å². The van der Waals surface area contributed by atoms with E-state index in [-0.39, 0.29) is 11.3 Å². The Kier molecular flexibility index (Phi) is 2.79. The summed E-state index contributed by atoms with van der Waals surface area (Å²) in [5.41, 5.74) is 1.55. The topological polar surface area (TPSA) is 20.3 Å². The summed E-state index contributed by atoms with van der Waals surface area (Å²) in [7, 11) is 4.07. The van der Waals surface area contributed by atoms with Gasteiger partial charge in [0.05, 0.1) is 0 Å². The minimum Gasteiger partial charge on any atom is -0.381 e. The fraction of sp³-hybridized carbons (Fsp3) is 0.727. The number of rotatable bonds is 2. The molecule has 1 rings (SSSR count). The molecular weight excluding hydrogens is 162 g/mol. The summed E-state index contributed by atoms with van der Waals surface area (Å²) >= 11 is 0. The van der Waals surface area contributed by atoms with Crippen LogP contribution >= 0.6 is 0 Å². The van der Waals surface area contributed by atoms with E-state index in [1.165, 1.54) is 5.70 Å². The Labute approximate surface area is 80.6 Å². The first-order valence-electron chi connectivity index (χ1n) is 4.78. The molecule has 2 heteroatoms. The average molecular weight is 181 g/mol. The van der Waals surface area contributed by atoms with E-state index < -0.39 is 0 Å². The summed E-state index contributed by atoms with van der Waals surface area (Å²) in [6.07, 6.45) is 5.21. The van der Waals surface area contributed by atoms with Gasteiger partial charge in [0.25, 0.3) is 0 Å². The van der Waals surface area contributed by atoms with Crippen LogP contribution in [-0.2, 0) is 4.79 Å². The van der Waals surface area contributed by atoms with Crippen molar-refractivity contribution in [2.45, 2.75) is 26.7 Å². The second-order valence-corrected chi connectivity index (χ2v) is 4.90. The lowest BCUT2D eigenvalue weighted by molar-refractivity contribution is -0.110. The van der Waals surface area contributed by atoms with Crippen LogP contribution in [0.2, 0.25) is 0 Å². The van der Waals surface area contributed by atoms with Crippen LogP contribution < -0.4 is 0 Å². The first-order valence-corrected chi connectivity index (χ1v) is 4.78. The molecule has 0 aromatic carbocycles. The normalized spacial score (nSPS) is 26.5. The molecule has 0 aromatic heterocycles. The third-order valence-electron chi connectivity index (χ3n) is 2.60. The number of aldehydes is 1. The molecule has 0 bridgehead atoms. The fourth-order valence-electron chi connectivity index (χ4n) is 1.96. The maximum Gasteiger partial charge on any atom is 0.126 e. The predicted octanol–water partition coefficient (Wildman–Crippen LogP) is 2.07. The maximum absolute atomic E-state index is 10.8. The molecule has 0 aliphatic heterocycles. The molecule has 0 saturated heterocycles. The number of carbonyl (C=O) groups excluding carboxylic acids is 1. The van der Waals surface area contributed by atoms with Gasteiger partial charge in [-0.25, -0.2) is 0 Å². The molecule has 0 spiro atoms. The largest absolute Gasteiger partial charge is 0.381 e.